The number of hydrogen-bond acceptors (Lipinski definition) is 3. The van der Waals surface area contributed by atoms with E-state index in [9.17, 15) is 9.59 Å². The maximum absolute atomic E-state index is 11.6. The van der Waals surface area contributed by atoms with Crippen molar-refractivity contribution in [3.05, 3.63) is 58.3 Å². The van der Waals surface area contributed by atoms with E-state index in [1.165, 1.54) is 11.3 Å². The van der Waals surface area contributed by atoms with Crippen molar-refractivity contribution >= 4 is 23.2 Å². The molecule has 80 valence electrons. The first kappa shape index (κ1) is 10.6. The molecule has 0 aliphatic rings. The monoisotopic (exact) mass is 231 g/mol. The summed E-state index contributed by atoms with van der Waals surface area (Å²) >= 11 is 1.30. The van der Waals surface area contributed by atoms with E-state index in [4.69, 9.17) is 0 Å². The summed E-state index contributed by atoms with van der Waals surface area (Å²) in [5.74, 6) is -0.733. The SMILES string of the molecule is O=C(NC(=O)c1cccs1)c1ccccc1. The van der Waals surface area contributed by atoms with Crippen LogP contribution in [0.15, 0.2) is 47.8 Å². The first-order valence-corrected chi connectivity index (χ1v) is 5.59. The zero-order valence-electron chi connectivity index (χ0n) is 8.34. The summed E-state index contributed by atoms with van der Waals surface area (Å²) in [6.45, 7) is 0. The molecule has 1 aromatic heterocycles. The minimum absolute atomic E-state index is 0.358. The number of imide groups is 1. The van der Waals surface area contributed by atoms with Crippen LogP contribution in [0.2, 0.25) is 0 Å². The summed E-state index contributed by atoms with van der Waals surface area (Å²) in [5.41, 5.74) is 0.479. The van der Waals surface area contributed by atoms with Crippen LogP contribution in [0.4, 0.5) is 0 Å². The molecule has 0 spiro atoms. The molecule has 16 heavy (non-hydrogen) atoms. The third-order valence-corrected chi connectivity index (χ3v) is 2.88. The molecular weight excluding hydrogens is 222 g/mol. The number of thiophene rings is 1. The van der Waals surface area contributed by atoms with Gasteiger partial charge in [0.1, 0.15) is 0 Å². The van der Waals surface area contributed by atoms with Crippen molar-refractivity contribution in [3.8, 4) is 0 Å². The molecule has 0 saturated carbocycles. The molecule has 1 heterocycles. The van der Waals surface area contributed by atoms with Gasteiger partial charge in [-0.2, -0.15) is 0 Å². The second-order valence-corrected chi connectivity index (χ2v) is 4.07. The Balaban J connectivity index is 2.06. The number of rotatable bonds is 2. The van der Waals surface area contributed by atoms with Crippen molar-refractivity contribution in [2.75, 3.05) is 0 Å². The standard InChI is InChI=1S/C12H9NO2S/c14-11(9-5-2-1-3-6-9)13-12(15)10-7-4-8-16-10/h1-8H,(H,13,14,15). The molecular formula is C12H9NO2S. The van der Waals surface area contributed by atoms with Crippen LogP contribution in [0, 0.1) is 0 Å². The van der Waals surface area contributed by atoms with Crippen LogP contribution in [0.25, 0.3) is 0 Å². The van der Waals surface area contributed by atoms with Gasteiger partial charge in [-0.3, -0.25) is 14.9 Å². The Morgan fingerprint density at radius 1 is 0.938 bits per heavy atom. The van der Waals surface area contributed by atoms with Crippen molar-refractivity contribution in [3.63, 3.8) is 0 Å². The molecule has 2 amide bonds. The highest BCUT2D eigenvalue weighted by Crippen LogP contribution is 2.08. The summed E-state index contributed by atoms with van der Waals surface area (Å²) in [6.07, 6.45) is 0. The van der Waals surface area contributed by atoms with Gasteiger partial charge in [0.05, 0.1) is 4.88 Å². The molecule has 4 heteroatoms. The fourth-order valence-electron chi connectivity index (χ4n) is 1.23. The molecule has 1 aromatic carbocycles. The van der Waals surface area contributed by atoms with Crippen LogP contribution < -0.4 is 5.32 Å². The van der Waals surface area contributed by atoms with Crippen molar-refractivity contribution in [1.29, 1.82) is 0 Å². The van der Waals surface area contributed by atoms with E-state index in [-0.39, 0.29) is 11.8 Å². The molecule has 3 nitrogen and oxygen atoms in total. The molecule has 1 N–H and O–H groups in total. The molecule has 0 radical (unpaired) electrons. The Labute approximate surface area is 96.7 Å². The Morgan fingerprint density at radius 2 is 1.69 bits per heavy atom. The van der Waals surface area contributed by atoms with Crippen LogP contribution in [-0.4, -0.2) is 11.8 Å². The molecule has 0 fully saturated rings. The molecule has 0 unspecified atom stereocenters. The summed E-state index contributed by atoms with van der Waals surface area (Å²) in [6, 6.07) is 12.1. The Morgan fingerprint density at radius 3 is 2.31 bits per heavy atom. The van der Waals surface area contributed by atoms with Gasteiger partial charge in [0.25, 0.3) is 11.8 Å². The molecule has 2 rings (SSSR count). The van der Waals surface area contributed by atoms with Crippen LogP contribution >= 0.6 is 11.3 Å². The maximum atomic E-state index is 11.6. The maximum Gasteiger partial charge on any atom is 0.268 e. The fourth-order valence-corrected chi connectivity index (χ4v) is 1.85. The predicted octanol–water partition coefficient (Wildman–Crippen LogP) is 2.32. The van der Waals surface area contributed by atoms with Gasteiger partial charge in [-0.05, 0) is 23.6 Å². The summed E-state index contributed by atoms with van der Waals surface area (Å²) in [4.78, 5) is 23.7. The van der Waals surface area contributed by atoms with Crippen molar-refractivity contribution in [2.24, 2.45) is 0 Å². The third kappa shape index (κ3) is 2.35. The number of hydrogen-bond donors (Lipinski definition) is 1. The average molecular weight is 231 g/mol. The highest BCUT2D eigenvalue weighted by molar-refractivity contribution is 7.12. The largest absolute Gasteiger partial charge is 0.287 e. The first-order valence-electron chi connectivity index (χ1n) is 4.71. The highest BCUT2D eigenvalue weighted by atomic mass is 32.1. The lowest BCUT2D eigenvalue weighted by molar-refractivity contribution is 0.0851. The van der Waals surface area contributed by atoms with E-state index < -0.39 is 0 Å². The molecule has 0 bridgehead atoms. The molecule has 2 aromatic rings. The second kappa shape index (κ2) is 4.72. The Hall–Kier alpha value is -1.94. The van der Waals surface area contributed by atoms with E-state index in [0.29, 0.717) is 10.4 Å². The fraction of sp³-hybridized carbons (Fsp3) is 0. The number of nitrogens with one attached hydrogen (secondary N) is 1. The van der Waals surface area contributed by atoms with Crippen molar-refractivity contribution in [2.45, 2.75) is 0 Å². The predicted molar refractivity (Wildman–Crippen MR) is 62.6 cm³/mol. The lowest BCUT2D eigenvalue weighted by Crippen LogP contribution is -2.29. The highest BCUT2D eigenvalue weighted by Gasteiger charge is 2.11. The van der Waals surface area contributed by atoms with E-state index in [1.54, 1.807) is 41.8 Å². The van der Waals surface area contributed by atoms with Gasteiger partial charge in [0.2, 0.25) is 0 Å². The summed E-state index contributed by atoms with van der Waals surface area (Å²) in [7, 11) is 0. The molecule has 0 saturated heterocycles. The van der Waals surface area contributed by atoms with Crippen LogP contribution in [0.1, 0.15) is 20.0 Å². The zero-order valence-corrected chi connectivity index (χ0v) is 9.16. The normalized spacial score (nSPS) is 9.75. The third-order valence-electron chi connectivity index (χ3n) is 2.01. The van der Waals surface area contributed by atoms with Crippen LogP contribution in [-0.2, 0) is 0 Å². The minimum Gasteiger partial charge on any atom is -0.287 e. The smallest absolute Gasteiger partial charge is 0.268 e. The van der Waals surface area contributed by atoms with Crippen LogP contribution in [0.5, 0.6) is 0 Å². The number of benzene rings is 1. The van der Waals surface area contributed by atoms with Gasteiger partial charge >= 0.3 is 0 Å². The van der Waals surface area contributed by atoms with E-state index in [0.717, 1.165) is 0 Å². The minimum atomic E-state index is -0.376. The van der Waals surface area contributed by atoms with E-state index in [2.05, 4.69) is 5.32 Å². The summed E-state index contributed by atoms with van der Waals surface area (Å²) < 4.78 is 0. The van der Waals surface area contributed by atoms with Crippen molar-refractivity contribution in [1.82, 2.24) is 5.32 Å². The number of carbonyl (C=O) groups excluding carboxylic acids is 2. The Bertz CT molecular complexity index is 491. The Kier molecular flexibility index (Phi) is 3.12. The molecule has 0 aliphatic heterocycles. The average Bonchev–Trinajstić information content (AvgIpc) is 2.83. The summed E-state index contributed by atoms with van der Waals surface area (Å²) in [5, 5.41) is 4.12. The van der Waals surface area contributed by atoms with E-state index in [1.807, 2.05) is 6.07 Å². The van der Waals surface area contributed by atoms with Gasteiger partial charge in [-0.25, -0.2) is 0 Å². The molecule has 0 aliphatic carbocycles. The lowest BCUT2D eigenvalue weighted by Gasteiger charge is -2.01. The molecule has 0 atom stereocenters. The number of amides is 2. The zero-order chi connectivity index (χ0) is 11.4. The topological polar surface area (TPSA) is 46.2 Å². The van der Waals surface area contributed by atoms with Gasteiger partial charge in [0.15, 0.2) is 0 Å². The van der Waals surface area contributed by atoms with Crippen molar-refractivity contribution < 1.29 is 9.59 Å². The van der Waals surface area contributed by atoms with Gasteiger partial charge in [0, 0.05) is 5.56 Å². The second-order valence-electron chi connectivity index (χ2n) is 3.13. The number of carbonyl (C=O) groups is 2. The lowest BCUT2D eigenvalue weighted by atomic mass is 10.2. The van der Waals surface area contributed by atoms with Gasteiger partial charge in [-0.1, -0.05) is 24.3 Å². The van der Waals surface area contributed by atoms with Gasteiger partial charge in [-0.15, -0.1) is 11.3 Å². The quantitative estimate of drug-likeness (QED) is 0.806. The van der Waals surface area contributed by atoms with Gasteiger partial charge < -0.3 is 0 Å². The first-order chi connectivity index (χ1) is 7.77. The van der Waals surface area contributed by atoms with E-state index >= 15 is 0 Å². The van der Waals surface area contributed by atoms with Crippen LogP contribution in [0.3, 0.4) is 0 Å².